The number of thioether (sulfide) groups is 1. The van der Waals surface area contributed by atoms with E-state index in [1.165, 1.54) is 11.8 Å². The molecule has 0 heterocycles. The second-order valence-electron chi connectivity index (χ2n) is 2.25. The number of hydrogen-bond acceptors (Lipinski definition) is 3. The summed E-state index contributed by atoms with van der Waals surface area (Å²) >= 11 is 1.20. The maximum Gasteiger partial charge on any atom is 0.133 e. The van der Waals surface area contributed by atoms with E-state index >= 15 is 0 Å². The van der Waals surface area contributed by atoms with Gasteiger partial charge in [-0.25, -0.2) is 0 Å². The zero-order valence-corrected chi connectivity index (χ0v) is 5.90. The Morgan fingerprint density at radius 3 is 2.78 bits per heavy atom. The van der Waals surface area contributed by atoms with Crippen LogP contribution in [0.5, 0.6) is 0 Å². The molecule has 1 aliphatic rings. The monoisotopic (exact) mass is 143 g/mol. The van der Waals surface area contributed by atoms with Crippen molar-refractivity contribution >= 4 is 11.8 Å². The fourth-order valence-corrected chi connectivity index (χ4v) is 1.82. The fraction of sp³-hybridized carbons (Fsp3) is 0.833. The first-order valence-corrected chi connectivity index (χ1v) is 3.95. The molecule has 1 N–H and O–H groups in total. The van der Waals surface area contributed by atoms with Crippen molar-refractivity contribution in [2.24, 2.45) is 0 Å². The minimum atomic E-state index is -0.227. The third-order valence-corrected chi connectivity index (χ3v) is 2.58. The molecule has 9 heavy (non-hydrogen) atoms. The van der Waals surface area contributed by atoms with E-state index in [0.29, 0.717) is 0 Å². The summed E-state index contributed by atoms with van der Waals surface area (Å²) in [5.41, 5.74) is 0. The molecular weight excluding hydrogens is 134 g/mol. The van der Waals surface area contributed by atoms with E-state index in [0.717, 1.165) is 19.3 Å². The SMILES string of the molecule is N#CSC1CCCC1O. The van der Waals surface area contributed by atoms with Gasteiger partial charge >= 0.3 is 0 Å². The summed E-state index contributed by atoms with van der Waals surface area (Å²) in [6.45, 7) is 0. The molecule has 0 aliphatic heterocycles. The number of nitriles is 1. The van der Waals surface area contributed by atoms with Crippen LogP contribution in [0.4, 0.5) is 0 Å². The summed E-state index contributed by atoms with van der Waals surface area (Å²) in [6.07, 6.45) is 2.72. The van der Waals surface area contributed by atoms with E-state index in [1.54, 1.807) is 0 Å². The largest absolute Gasteiger partial charge is 0.392 e. The van der Waals surface area contributed by atoms with E-state index in [1.807, 2.05) is 5.40 Å². The molecule has 1 rings (SSSR count). The smallest absolute Gasteiger partial charge is 0.133 e. The van der Waals surface area contributed by atoms with Crippen LogP contribution in [0.1, 0.15) is 19.3 Å². The number of hydrogen-bond donors (Lipinski definition) is 1. The van der Waals surface area contributed by atoms with E-state index in [2.05, 4.69) is 0 Å². The summed E-state index contributed by atoms with van der Waals surface area (Å²) in [5.74, 6) is 0. The van der Waals surface area contributed by atoms with Crippen molar-refractivity contribution in [3.63, 3.8) is 0 Å². The second kappa shape index (κ2) is 3.09. The Bertz CT molecular complexity index is 132. The van der Waals surface area contributed by atoms with E-state index < -0.39 is 0 Å². The minimum Gasteiger partial charge on any atom is -0.392 e. The first-order valence-electron chi connectivity index (χ1n) is 3.07. The summed E-state index contributed by atoms with van der Waals surface area (Å²) in [4.78, 5) is 0. The molecule has 0 aromatic heterocycles. The van der Waals surface area contributed by atoms with Crippen LogP contribution in [-0.2, 0) is 0 Å². The highest BCUT2D eigenvalue weighted by molar-refractivity contribution is 8.04. The van der Waals surface area contributed by atoms with Crippen molar-refractivity contribution in [2.45, 2.75) is 30.6 Å². The standard InChI is InChI=1S/C6H9NOS/c7-4-9-6-3-1-2-5(6)8/h5-6,8H,1-3H2. The second-order valence-corrected chi connectivity index (χ2v) is 3.27. The topological polar surface area (TPSA) is 44.0 Å². The van der Waals surface area contributed by atoms with Crippen LogP contribution in [-0.4, -0.2) is 16.5 Å². The van der Waals surface area contributed by atoms with Gasteiger partial charge in [-0.1, -0.05) is 0 Å². The summed E-state index contributed by atoms with van der Waals surface area (Å²) in [6, 6.07) is 0. The zero-order valence-electron chi connectivity index (χ0n) is 5.08. The normalized spacial score (nSPS) is 34.2. The molecule has 1 aliphatic carbocycles. The molecule has 3 heteroatoms. The maximum absolute atomic E-state index is 9.15. The Hall–Kier alpha value is -0.200. The minimum absolute atomic E-state index is 0.190. The summed E-state index contributed by atoms with van der Waals surface area (Å²) in [7, 11) is 0. The van der Waals surface area contributed by atoms with Gasteiger partial charge in [0.25, 0.3) is 0 Å². The fourth-order valence-electron chi connectivity index (χ4n) is 1.11. The molecule has 0 radical (unpaired) electrons. The van der Waals surface area contributed by atoms with Gasteiger partial charge in [-0.3, -0.25) is 0 Å². The van der Waals surface area contributed by atoms with Crippen LogP contribution in [0, 0.1) is 10.7 Å². The number of aliphatic hydroxyl groups excluding tert-OH is 1. The molecule has 1 fully saturated rings. The molecule has 0 bridgehead atoms. The van der Waals surface area contributed by atoms with Crippen molar-refractivity contribution in [1.82, 2.24) is 0 Å². The molecule has 0 amide bonds. The van der Waals surface area contributed by atoms with Gasteiger partial charge in [0.1, 0.15) is 5.40 Å². The van der Waals surface area contributed by atoms with E-state index in [-0.39, 0.29) is 11.4 Å². The lowest BCUT2D eigenvalue weighted by Crippen LogP contribution is -2.13. The number of nitrogens with zero attached hydrogens (tertiary/aromatic N) is 1. The van der Waals surface area contributed by atoms with Crippen LogP contribution in [0.15, 0.2) is 0 Å². The molecule has 0 aromatic rings. The highest BCUT2D eigenvalue weighted by atomic mass is 32.2. The number of rotatable bonds is 1. The maximum atomic E-state index is 9.15. The van der Waals surface area contributed by atoms with Crippen LogP contribution in [0.3, 0.4) is 0 Å². The Kier molecular flexibility index (Phi) is 2.38. The molecule has 0 saturated heterocycles. The number of aliphatic hydroxyl groups is 1. The van der Waals surface area contributed by atoms with Crippen molar-refractivity contribution < 1.29 is 5.11 Å². The van der Waals surface area contributed by atoms with Gasteiger partial charge in [0, 0.05) is 5.25 Å². The van der Waals surface area contributed by atoms with Crippen molar-refractivity contribution in [3.8, 4) is 5.40 Å². The van der Waals surface area contributed by atoms with Gasteiger partial charge in [0.05, 0.1) is 6.10 Å². The lowest BCUT2D eigenvalue weighted by molar-refractivity contribution is 0.188. The molecule has 2 nitrogen and oxygen atoms in total. The lowest BCUT2D eigenvalue weighted by Gasteiger charge is -2.06. The van der Waals surface area contributed by atoms with Crippen molar-refractivity contribution in [2.75, 3.05) is 0 Å². The molecule has 0 spiro atoms. The van der Waals surface area contributed by atoms with Crippen LogP contribution >= 0.6 is 11.8 Å². The first kappa shape index (κ1) is 6.91. The molecule has 0 aromatic carbocycles. The van der Waals surface area contributed by atoms with Gasteiger partial charge in [0.2, 0.25) is 0 Å². The third-order valence-electron chi connectivity index (χ3n) is 1.62. The summed E-state index contributed by atoms with van der Waals surface area (Å²) < 4.78 is 0. The van der Waals surface area contributed by atoms with Gasteiger partial charge in [-0.15, -0.1) is 0 Å². The highest BCUT2D eigenvalue weighted by Gasteiger charge is 2.25. The lowest BCUT2D eigenvalue weighted by atomic mass is 10.3. The van der Waals surface area contributed by atoms with Crippen molar-refractivity contribution in [1.29, 1.82) is 5.26 Å². The highest BCUT2D eigenvalue weighted by Crippen LogP contribution is 2.28. The molecule has 2 unspecified atom stereocenters. The Morgan fingerprint density at radius 2 is 2.33 bits per heavy atom. The zero-order chi connectivity index (χ0) is 6.69. The van der Waals surface area contributed by atoms with Gasteiger partial charge in [-0.05, 0) is 31.0 Å². The molecule has 2 atom stereocenters. The average Bonchev–Trinajstić information content (AvgIpc) is 2.18. The average molecular weight is 143 g/mol. The molecule has 50 valence electrons. The van der Waals surface area contributed by atoms with Crippen LogP contribution in [0.25, 0.3) is 0 Å². The van der Waals surface area contributed by atoms with Crippen LogP contribution < -0.4 is 0 Å². The number of thiocyanates is 1. The van der Waals surface area contributed by atoms with Gasteiger partial charge in [-0.2, -0.15) is 5.26 Å². The first-order chi connectivity index (χ1) is 4.34. The summed E-state index contributed by atoms with van der Waals surface area (Å²) in [5, 5.41) is 19.6. The van der Waals surface area contributed by atoms with E-state index in [4.69, 9.17) is 10.4 Å². The Balaban J connectivity index is 2.33. The molecular formula is C6H9NOS. The van der Waals surface area contributed by atoms with Gasteiger partial charge in [0.15, 0.2) is 0 Å². The molecule has 1 saturated carbocycles. The Labute approximate surface area is 58.9 Å². The van der Waals surface area contributed by atoms with E-state index in [9.17, 15) is 0 Å². The van der Waals surface area contributed by atoms with Crippen molar-refractivity contribution in [3.05, 3.63) is 0 Å². The predicted octanol–water partition coefficient (Wildman–Crippen LogP) is 1.11. The predicted molar refractivity (Wildman–Crippen MR) is 36.8 cm³/mol. The third kappa shape index (κ3) is 1.60. The van der Waals surface area contributed by atoms with Crippen LogP contribution in [0.2, 0.25) is 0 Å². The quantitative estimate of drug-likeness (QED) is 0.559. The van der Waals surface area contributed by atoms with Gasteiger partial charge < -0.3 is 5.11 Å². The Morgan fingerprint density at radius 1 is 1.56 bits per heavy atom.